The predicted molar refractivity (Wildman–Crippen MR) is 307 cm³/mol. The van der Waals surface area contributed by atoms with Gasteiger partial charge < -0.3 is 9.47 Å². The number of para-hydroxylation sites is 1. The summed E-state index contributed by atoms with van der Waals surface area (Å²) in [6.07, 6.45) is 0. The summed E-state index contributed by atoms with van der Waals surface area (Å²) in [7, 11) is 0. The molecule has 0 unspecified atom stereocenters. The van der Waals surface area contributed by atoms with Gasteiger partial charge in [0.25, 0.3) is 0 Å². The maximum atomic E-state index is 2.43. The first-order chi connectivity index (χ1) is 35.3. The number of fused-ring (bicyclic) bond motifs is 3. The van der Waals surface area contributed by atoms with Crippen molar-refractivity contribution in [3.8, 4) is 72.4 Å². The van der Waals surface area contributed by atoms with E-state index in [1.807, 2.05) is 0 Å². The maximum absolute atomic E-state index is 2.43. The molecule has 12 rings (SSSR count). The third-order valence-electron chi connectivity index (χ3n) is 14.5. The number of nitrogens with zero attached hydrogens (tertiary/aromatic N) is 2. The van der Waals surface area contributed by atoms with Crippen molar-refractivity contribution in [3.05, 3.63) is 277 Å². The van der Waals surface area contributed by atoms with Crippen molar-refractivity contribution in [2.24, 2.45) is 0 Å². The van der Waals surface area contributed by atoms with E-state index in [2.05, 4.69) is 292 Å². The van der Waals surface area contributed by atoms with Gasteiger partial charge in [-0.2, -0.15) is 0 Å². The summed E-state index contributed by atoms with van der Waals surface area (Å²) in [5.74, 6) is 0. The van der Waals surface area contributed by atoms with E-state index < -0.39 is 0 Å². The molecule has 11 aromatic carbocycles. The number of rotatable bonds is 10. The Kier molecular flexibility index (Phi) is 11.5. The molecule has 344 valence electrons. The molecule has 0 aliphatic rings. The first-order valence-corrected chi connectivity index (χ1v) is 25.0. The number of aryl methyl sites for hydroxylation is 4. The van der Waals surface area contributed by atoms with Crippen LogP contribution in [0.15, 0.2) is 255 Å². The standard InChI is InChI=1S/C70H54N2/c1-47-20-22-52(23-21-47)54-28-35-62(36-29-54)71(63-37-30-55(31-38-63)53-24-26-57(27-25-53)68-43-49(3)48(2)42-50(68)4)64-39-32-56(33-40-64)61-34-41-67-66-18-8-9-19-69(66)72(70(67)46-61)65-17-11-16-60(45-65)59-15-10-14-58(44-59)51-12-6-5-7-13-51/h5-46H,1-4H3. The largest absolute Gasteiger partial charge is 0.311 e. The van der Waals surface area contributed by atoms with Crippen LogP contribution in [0.2, 0.25) is 0 Å². The first-order valence-electron chi connectivity index (χ1n) is 25.0. The van der Waals surface area contributed by atoms with Crippen molar-refractivity contribution in [2.75, 3.05) is 4.90 Å². The third-order valence-corrected chi connectivity index (χ3v) is 14.5. The van der Waals surface area contributed by atoms with Gasteiger partial charge in [0.2, 0.25) is 0 Å². The highest BCUT2D eigenvalue weighted by Gasteiger charge is 2.17. The van der Waals surface area contributed by atoms with E-state index in [0.29, 0.717) is 0 Å². The molecule has 0 atom stereocenters. The van der Waals surface area contributed by atoms with Crippen molar-refractivity contribution in [1.82, 2.24) is 4.57 Å². The van der Waals surface area contributed by atoms with Crippen molar-refractivity contribution in [1.29, 1.82) is 0 Å². The monoisotopic (exact) mass is 922 g/mol. The number of benzene rings is 11. The van der Waals surface area contributed by atoms with Gasteiger partial charge in [-0.3, -0.25) is 0 Å². The molecule has 0 aliphatic carbocycles. The van der Waals surface area contributed by atoms with Gasteiger partial charge in [0.05, 0.1) is 11.0 Å². The molecule has 0 saturated heterocycles. The zero-order valence-corrected chi connectivity index (χ0v) is 41.1. The predicted octanol–water partition coefficient (Wildman–Crippen LogP) is 19.5. The van der Waals surface area contributed by atoms with Gasteiger partial charge in [-0.15, -0.1) is 0 Å². The zero-order chi connectivity index (χ0) is 48.7. The number of anilines is 3. The highest BCUT2D eigenvalue weighted by Crippen LogP contribution is 2.40. The molecular formula is C70H54N2. The van der Waals surface area contributed by atoms with Gasteiger partial charge in [-0.1, -0.05) is 194 Å². The van der Waals surface area contributed by atoms with E-state index >= 15 is 0 Å². The minimum absolute atomic E-state index is 1.09. The molecule has 1 aromatic heterocycles. The second kappa shape index (κ2) is 18.7. The summed E-state index contributed by atoms with van der Waals surface area (Å²) in [5, 5.41) is 2.48. The van der Waals surface area contributed by atoms with Gasteiger partial charge in [-0.05, 0) is 178 Å². The Bertz CT molecular complexity index is 3900. The smallest absolute Gasteiger partial charge is 0.0547 e. The van der Waals surface area contributed by atoms with Crippen molar-refractivity contribution in [2.45, 2.75) is 27.7 Å². The molecule has 2 nitrogen and oxygen atoms in total. The van der Waals surface area contributed by atoms with E-state index in [1.165, 1.54) is 105 Å². The van der Waals surface area contributed by atoms with Crippen LogP contribution < -0.4 is 4.90 Å². The highest BCUT2D eigenvalue weighted by atomic mass is 15.1. The van der Waals surface area contributed by atoms with Crippen molar-refractivity contribution >= 4 is 38.9 Å². The summed E-state index contributed by atoms with van der Waals surface area (Å²) in [6, 6.07) is 93.6. The Hall–Kier alpha value is -8.98. The quantitative estimate of drug-likeness (QED) is 0.133. The van der Waals surface area contributed by atoms with Crippen LogP contribution in [0, 0.1) is 27.7 Å². The van der Waals surface area contributed by atoms with Gasteiger partial charge in [0, 0.05) is 33.5 Å². The molecule has 0 amide bonds. The Morgan fingerprint density at radius 1 is 0.264 bits per heavy atom. The fourth-order valence-corrected chi connectivity index (χ4v) is 10.5. The van der Waals surface area contributed by atoms with Crippen molar-refractivity contribution < 1.29 is 0 Å². The lowest BCUT2D eigenvalue weighted by Gasteiger charge is -2.26. The molecule has 12 aromatic rings. The molecule has 0 aliphatic heterocycles. The fraction of sp³-hybridized carbons (Fsp3) is 0.0571. The Morgan fingerprint density at radius 3 is 1.31 bits per heavy atom. The topological polar surface area (TPSA) is 8.17 Å². The highest BCUT2D eigenvalue weighted by molar-refractivity contribution is 6.10. The maximum Gasteiger partial charge on any atom is 0.0547 e. The number of aromatic nitrogens is 1. The lowest BCUT2D eigenvalue weighted by molar-refractivity contribution is 1.18. The molecular weight excluding hydrogens is 869 g/mol. The lowest BCUT2D eigenvalue weighted by Crippen LogP contribution is -2.09. The average Bonchev–Trinajstić information content (AvgIpc) is 3.77. The average molecular weight is 923 g/mol. The summed E-state index contributed by atoms with van der Waals surface area (Å²) in [6.45, 7) is 8.72. The molecule has 0 saturated carbocycles. The van der Waals surface area contributed by atoms with Crippen molar-refractivity contribution in [3.63, 3.8) is 0 Å². The molecule has 0 radical (unpaired) electrons. The lowest BCUT2D eigenvalue weighted by atomic mass is 9.94. The van der Waals surface area contributed by atoms with Gasteiger partial charge in [0.1, 0.15) is 0 Å². The minimum Gasteiger partial charge on any atom is -0.311 e. The van der Waals surface area contributed by atoms with Crippen LogP contribution in [0.5, 0.6) is 0 Å². The molecule has 0 spiro atoms. The Labute approximate surface area is 423 Å². The zero-order valence-electron chi connectivity index (χ0n) is 41.1. The third kappa shape index (κ3) is 8.48. The van der Waals surface area contributed by atoms with E-state index in [1.54, 1.807) is 0 Å². The van der Waals surface area contributed by atoms with Crippen LogP contribution in [-0.4, -0.2) is 4.57 Å². The van der Waals surface area contributed by atoms with E-state index in [9.17, 15) is 0 Å². The second-order valence-corrected chi connectivity index (χ2v) is 19.3. The molecule has 0 N–H and O–H groups in total. The van der Waals surface area contributed by atoms with Gasteiger partial charge >= 0.3 is 0 Å². The summed E-state index contributed by atoms with van der Waals surface area (Å²) < 4.78 is 2.43. The Morgan fingerprint density at radius 2 is 0.681 bits per heavy atom. The van der Waals surface area contributed by atoms with Crippen LogP contribution in [0.25, 0.3) is 94.3 Å². The minimum atomic E-state index is 1.09. The van der Waals surface area contributed by atoms with E-state index in [-0.39, 0.29) is 0 Å². The normalized spacial score (nSPS) is 11.3. The molecule has 0 bridgehead atoms. The second-order valence-electron chi connectivity index (χ2n) is 19.3. The van der Waals surface area contributed by atoms with Crippen LogP contribution >= 0.6 is 0 Å². The van der Waals surface area contributed by atoms with Gasteiger partial charge in [0.15, 0.2) is 0 Å². The summed E-state index contributed by atoms with van der Waals surface area (Å²) in [4.78, 5) is 2.36. The van der Waals surface area contributed by atoms with Crippen LogP contribution in [0.1, 0.15) is 22.3 Å². The van der Waals surface area contributed by atoms with Crippen LogP contribution in [-0.2, 0) is 0 Å². The summed E-state index contributed by atoms with van der Waals surface area (Å²) in [5.41, 5.74) is 26.5. The molecule has 1 heterocycles. The van der Waals surface area contributed by atoms with Gasteiger partial charge in [-0.25, -0.2) is 0 Å². The fourth-order valence-electron chi connectivity index (χ4n) is 10.5. The van der Waals surface area contributed by atoms with E-state index in [0.717, 1.165) is 28.3 Å². The van der Waals surface area contributed by atoms with E-state index in [4.69, 9.17) is 0 Å². The molecule has 72 heavy (non-hydrogen) atoms. The number of hydrogen-bond acceptors (Lipinski definition) is 1. The van der Waals surface area contributed by atoms with Crippen LogP contribution in [0.4, 0.5) is 17.1 Å². The number of hydrogen-bond donors (Lipinski definition) is 0. The molecule has 2 heteroatoms. The van der Waals surface area contributed by atoms with Crippen LogP contribution in [0.3, 0.4) is 0 Å². The summed E-state index contributed by atoms with van der Waals surface area (Å²) >= 11 is 0. The Balaban J connectivity index is 0.889. The first kappa shape index (κ1) is 44.2. The SMILES string of the molecule is Cc1ccc(-c2ccc(N(c3ccc(-c4ccc(-c5cc(C)c(C)cc5C)cc4)cc3)c3ccc(-c4ccc5c6ccccc6n(-c6cccc(-c7cccc(-c8ccccc8)c7)c6)c5c4)cc3)cc2)cc1. The molecule has 0 fully saturated rings.